The van der Waals surface area contributed by atoms with Gasteiger partial charge in [-0.2, -0.15) is 0 Å². The molecule has 0 spiro atoms. The van der Waals surface area contributed by atoms with E-state index in [1.165, 1.54) is 0 Å². The molecule has 1 heterocycles. The molecule has 28 heavy (non-hydrogen) atoms. The lowest BCUT2D eigenvalue weighted by molar-refractivity contribution is -0.130. The van der Waals surface area contributed by atoms with Gasteiger partial charge in [0.1, 0.15) is 5.69 Å². The molecule has 142 valence electrons. The summed E-state index contributed by atoms with van der Waals surface area (Å²) in [5.74, 6) is 1.31. The monoisotopic (exact) mass is 372 g/mol. The first-order chi connectivity index (χ1) is 13.7. The lowest BCUT2D eigenvalue weighted by Crippen LogP contribution is -2.31. The molecule has 0 atom stereocenters. The SMILES string of the molecule is C=CCN(CC=C)C(=O)CCc1nc(-c2ccccc2)c(-c2ccccc2)o1. The third-order valence-electron chi connectivity index (χ3n) is 4.36. The number of nitrogens with zero attached hydrogens (tertiary/aromatic N) is 2. The van der Waals surface area contributed by atoms with Crippen molar-refractivity contribution in [3.63, 3.8) is 0 Å². The van der Waals surface area contributed by atoms with Crippen LogP contribution in [0, 0.1) is 0 Å². The molecule has 0 fully saturated rings. The second-order valence-electron chi connectivity index (χ2n) is 6.39. The fourth-order valence-electron chi connectivity index (χ4n) is 3.01. The maximum atomic E-state index is 12.5. The van der Waals surface area contributed by atoms with Crippen molar-refractivity contribution in [1.82, 2.24) is 9.88 Å². The van der Waals surface area contributed by atoms with Gasteiger partial charge >= 0.3 is 0 Å². The summed E-state index contributed by atoms with van der Waals surface area (Å²) in [5.41, 5.74) is 2.75. The highest BCUT2D eigenvalue weighted by atomic mass is 16.4. The smallest absolute Gasteiger partial charge is 0.223 e. The summed E-state index contributed by atoms with van der Waals surface area (Å²) < 4.78 is 6.08. The van der Waals surface area contributed by atoms with Crippen molar-refractivity contribution in [2.75, 3.05) is 13.1 Å². The second kappa shape index (κ2) is 9.51. The Labute approximate surface area is 165 Å². The number of oxazole rings is 1. The number of aryl methyl sites for hydroxylation is 1. The van der Waals surface area contributed by atoms with E-state index in [2.05, 4.69) is 13.2 Å². The fraction of sp³-hybridized carbons (Fsp3) is 0.167. The standard InChI is InChI=1S/C24H24N2O2/c1-3-17-26(18-4-2)22(27)16-15-21-25-23(19-11-7-5-8-12-19)24(28-21)20-13-9-6-10-14-20/h3-14H,1-2,15-18H2. The first-order valence-electron chi connectivity index (χ1n) is 9.33. The molecule has 0 unspecified atom stereocenters. The van der Waals surface area contributed by atoms with E-state index in [-0.39, 0.29) is 5.91 Å². The predicted molar refractivity (Wildman–Crippen MR) is 113 cm³/mol. The van der Waals surface area contributed by atoms with Gasteiger partial charge in [0.25, 0.3) is 0 Å². The number of hydrogen-bond donors (Lipinski definition) is 0. The molecule has 0 saturated carbocycles. The van der Waals surface area contributed by atoms with Crippen molar-refractivity contribution in [2.45, 2.75) is 12.8 Å². The Morgan fingerprint density at radius 2 is 1.50 bits per heavy atom. The van der Waals surface area contributed by atoms with Crippen molar-refractivity contribution in [3.8, 4) is 22.6 Å². The molecule has 0 N–H and O–H groups in total. The van der Waals surface area contributed by atoms with E-state index in [1.54, 1.807) is 17.1 Å². The van der Waals surface area contributed by atoms with Gasteiger partial charge in [-0.05, 0) is 0 Å². The molecule has 4 nitrogen and oxygen atoms in total. The molecule has 3 rings (SSSR count). The van der Waals surface area contributed by atoms with Crippen LogP contribution in [-0.2, 0) is 11.2 Å². The molecule has 1 amide bonds. The molecule has 0 saturated heterocycles. The van der Waals surface area contributed by atoms with Crippen molar-refractivity contribution in [2.24, 2.45) is 0 Å². The van der Waals surface area contributed by atoms with Crippen molar-refractivity contribution in [3.05, 3.63) is 91.9 Å². The molecule has 0 aliphatic carbocycles. The summed E-state index contributed by atoms with van der Waals surface area (Å²) in [7, 11) is 0. The molecule has 3 aromatic rings. The molecular weight excluding hydrogens is 348 g/mol. The van der Waals surface area contributed by atoms with Crippen molar-refractivity contribution < 1.29 is 9.21 Å². The molecule has 0 aliphatic rings. The van der Waals surface area contributed by atoms with Gasteiger partial charge in [0.05, 0.1) is 0 Å². The Bertz CT molecular complexity index is 863. The van der Waals surface area contributed by atoms with Crippen LogP contribution in [0.25, 0.3) is 22.6 Å². The summed E-state index contributed by atoms with van der Waals surface area (Å²) >= 11 is 0. The Morgan fingerprint density at radius 3 is 2.07 bits per heavy atom. The van der Waals surface area contributed by atoms with Crippen LogP contribution in [0.15, 0.2) is 90.4 Å². The molecule has 0 aliphatic heterocycles. The van der Waals surface area contributed by atoms with Crippen LogP contribution in [-0.4, -0.2) is 28.9 Å². The summed E-state index contributed by atoms with van der Waals surface area (Å²) in [6.07, 6.45) is 4.20. The van der Waals surface area contributed by atoms with Crippen LogP contribution in [0.1, 0.15) is 12.3 Å². The summed E-state index contributed by atoms with van der Waals surface area (Å²) in [4.78, 5) is 18.9. The maximum absolute atomic E-state index is 12.5. The highest BCUT2D eigenvalue weighted by molar-refractivity contribution is 5.78. The molecule has 4 heteroatoms. The zero-order valence-corrected chi connectivity index (χ0v) is 15.9. The highest BCUT2D eigenvalue weighted by Crippen LogP contribution is 2.32. The van der Waals surface area contributed by atoms with Crippen LogP contribution in [0.4, 0.5) is 0 Å². The molecular formula is C24H24N2O2. The van der Waals surface area contributed by atoms with Crippen LogP contribution < -0.4 is 0 Å². The van der Waals surface area contributed by atoms with Gasteiger partial charge in [-0.1, -0.05) is 72.8 Å². The quantitative estimate of drug-likeness (QED) is 0.489. The highest BCUT2D eigenvalue weighted by Gasteiger charge is 2.18. The molecule has 2 aromatic carbocycles. The van der Waals surface area contributed by atoms with Gasteiger partial charge in [-0.3, -0.25) is 4.79 Å². The van der Waals surface area contributed by atoms with E-state index in [4.69, 9.17) is 9.40 Å². The molecule has 0 radical (unpaired) electrons. The first kappa shape index (κ1) is 19.4. The lowest BCUT2D eigenvalue weighted by Gasteiger charge is -2.18. The van der Waals surface area contributed by atoms with Gasteiger partial charge in [-0.15, -0.1) is 13.2 Å². The fourth-order valence-corrected chi connectivity index (χ4v) is 3.01. The third kappa shape index (κ3) is 4.65. The lowest BCUT2D eigenvalue weighted by atomic mass is 10.1. The van der Waals surface area contributed by atoms with E-state index in [1.807, 2.05) is 60.7 Å². The topological polar surface area (TPSA) is 46.3 Å². The largest absolute Gasteiger partial charge is 0.440 e. The van der Waals surface area contributed by atoms with Crippen LogP contribution in [0.3, 0.4) is 0 Å². The van der Waals surface area contributed by atoms with Gasteiger partial charge in [0, 0.05) is 37.1 Å². The van der Waals surface area contributed by atoms with E-state index >= 15 is 0 Å². The number of carbonyl (C=O) groups is 1. The number of benzene rings is 2. The minimum atomic E-state index is 0.0283. The zero-order valence-electron chi connectivity index (χ0n) is 15.9. The molecule has 1 aromatic heterocycles. The molecule has 0 bridgehead atoms. The van der Waals surface area contributed by atoms with Gasteiger partial charge in [0.2, 0.25) is 5.91 Å². The number of amides is 1. The third-order valence-corrected chi connectivity index (χ3v) is 4.36. The van der Waals surface area contributed by atoms with Crippen LogP contribution in [0.2, 0.25) is 0 Å². The Balaban J connectivity index is 1.84. The second-order valence-corrected chi connectivity index (χ2v) is 6.39. The average molecular weight is 372 g/mol. The van der Waals surface area contributed by atoms with E-state index in [0.29, 0.717) is 31.8 Å². The van der Waals surface area contributed by atoms with Crippen LogP contribution >= 0.6 is 0 Å². The zero-order chi connectivity index (χ0) is 19.8. The van der Waals surface area contributed by atoms with E-state index < -0.39 is 0 Å². The number of rotatable bonds is 9. The Hall–Kier alpha value is -3.40. The first-order valence-corrected chi connectivity index (χ1v) is 9.33. The normalized spacial score (nSPS) is 10.4. The Morgan fingerprint density at radius 1 is 0.929 bits per heavy atom. The van der Waals surface area contributed by atoms with Crippen LogP contribution in [0.5, 0.6) is 0 Å². The van der Waals surface area contributed by atoms with Crippen molar-refractivity contribution >= 4 is 5.91 Å². The van der Waals surface area contributed by atoms with Gasteiger partial charge in [0.15, 0.2) is 11.7 Å². The number of aromatic nitrogens is 1. The minimum absolute atomic E-state index is 0.0283. The van der Waals surface area contributed by atoms with E-state index in [9.17, 15) is 4.79 Å². The summed E-state index contributed by atoms with van der Waals surface area (Å²) in [6, 6.07) is 19.8. The number of carbonyl (C=O) groups excluding carboxylic acids is 1. The number of hydrogen-bond acceptors (Lipinski definition) is 3. The van der Waals surface area contributed by atoms with E-state index in [0.717, 1.165) is 22.6 Å². The maximum Gasteiger partial charge on any atom is 0.223 e. The van der Waals surface area contributed by atoms with Gasteiger partial charge < -0.3 is 9.32 Å². The van der Waals surface area contributed by atoms with Gasteiger partial charge in [-0.25, -0.2) is 4.98 Å². The average Bonchev–Trinajstić information content (AvgIpc) is 3.17. The minimum Gasteiger partial charge on any atom is -0.440 e. The Kier molecular flexibility index (Phi) is 6.58. The summed E-state index contributed by atoms with van der Waals surface area (Å²) in [5, 5.41) is 0. The summed E-state index contributed by atoms with van der Waals surface area (Å²) in [6.45, 7) is 8.41. The van der Waals surface area contributed by atoms with Crippen molar-refractivity contribution in [1.29, 1.82) is 0 Å². The predicted octanol–water partition coefficient (Wildman–Crippen LogP) is 5.14.